The number of nitrogens with zero attached hydrogens (tertiary/aromatic N) is 1. The molecule has 1 N–H and O–H groups in total. The number of amides is 2. The molecule has 0 spiro atoms. The molecule has 0 radical (unpaired) electrons. The zero-order valence-corrected chi connectivity index (χ0v) is 14.0. The summed E-state index contributed by atoms with van der Waals surface area (Å²) >= 11 is 1.66. The lowest BCUT2D eigenvalue weighted by Gasteiger charge is -2.26. The molecule has 2 unspecified atom stereocenters. The van der Waals surface area contributed by atoms with Crippen LogP contribution in [0, 0.1) is 13.8 Å². The molecule has 2 heterocycles. The molecular formula is C16H22N2O2S. The average molecular weight is 306 g/mol. The Labute approximate surface area is 129 Å². The minimum absolute atomic E-state index is 0.0596. The van der Waals surface area contributed by atoms with Crippen LogP contribution in [0.15, 0.2) is 28.0 Å². The highest BCUT2D eigenvalue weighted by Crippen LogP contribution is 2.25. The molecule has 0 aromatic carbocycles. The maximum atomic E-state index is 12.4. The standard InChI is InChI=1S/C16H22N2O2S/c1-10-9-14(13(4)20-10)11(2)17-16(19)18(5)12(3)15-7-6-8-21-15/h6-9,11-12H,1-5H3,(H,17,19). The van der Waals surface area contributed by atoms with Gasteiger partial charge in [-0.3, -0.25) is 0 Å². The minimum Gasteiger partial charge on any atom is -0.466 e. The van der Waals surface area contributed by atoms with Gasteiger partial charge in [0, 0.05) is 17.5 Å². The van der Waals surface area contributed by atoms with E-state index < -0.39 is 0 Å². The van der Waals surface area contributed by atoms with Crippen LogP contribution in [0.5, 0.6) is 0 Å². The summed E-state index contributed by atoms with van der Waals surface area (Å²) in [6, 6.07) is 5.93. The predicted octanol–water partition coefficient (Wildman–Crippen LogP) is 4.42. The zero-order valence-electron chi connectivity index (χ0n) is 13.1. The first-order chi connectivity index (χ1) is 9.90. The summed E-state index contributed by atoms with van der Waals surface area (Å²) in [7, 11) is 1.82. The second-order valence-electron chi connectivity index (χ2n) is 5.34. The molecule has 0 fully saturated rings. The number of urea groups is 1. The molecule has 0 aliphatic heterocycles. The number of hydrogen-bond donors (Lipinski definition) is 1. The van der Waals surface area contributed by atoms with E-state index in [4.69, 9.17) is 4.42 Å². The van der Waals surface area contributed by atoms with Crippen molar-refractivity contribution in [3.8, 4) is 0 Å². The molecule has 5 heteroatoms. The topological polar surface area (TPSA) is 45.5 Å². The molecule has 0 aliphatic rings. The van der Waals surface area contributed by atoms with Crippen molar-refractivity contribution in [1.29, 1.82) is 0 Å². The molecule has 2 rings (SSSR count). The predicted molar refractivity (Wildman–Crippen MR) is 85.6 cm³/mol. The van der Waals surface area contributed by atoms with Crippen molar-refractivity contribution in [1.82, 2.24) is 10.2 Å². The van der Waals surface area contributed by atoms with E-state index in [1.54, 1.807) is 16.2 Å². The number of furan rings is 1. The largest absolute Gasteiger partial charge is 0.466 e. The fourth-order valence-electron chi connectivity index (χ4n) is 2.34. The Bertz CT molecular complexity index is 604. The lowest BCUT2D eigenvalue weighted by Crippen LogP contribution is -2.39. The molecule has 0 saturated heterocycles. The Hall–Kier alpha value is -1.75. The van der Waals surface area contributed by atoms with Gasteiger partial charge in [0.05, 0.1) is 12.1 Å². The number of carbonyl (C=O) groups excluding carboxylic acids is 1. The van der Waals surface area contributed by atoms with Crippen LogP contribution in [0.2, 0.25) is 0 Å². The van der Waals surface area contributed by atoms with Crippen LogP contribution in [0.3, 0.4) is 0 Å². The van der Waals surface area contributed by atoms with Gasteiger partial charge in [-0.15, -0.1) is 11.3 Å². The van der Waals surface area contributed by atoms with Gasteiger partial charge in [0.25, 0.3) is 0 Å². The van der Waals surface area contributed by atoms with Crippen LogP contribution in [-0.4, -0.2) is 18.0 Å². The summed E-state index contributed by atoms with van der Waals surface area (Å²) in [5.41, 5.74) is 1.03. The Balaban J connectivity index is 2.02. The monoisotopic (exact) mass is 306 g/mol. The van der Waals surface area contributed by atoms with Crippen LogP contribution >= 0.6 is 11.3 Å². The molecule has 4 nitrogen and oxygen atoms in total. The van der Waals surface area contributed by atoms with Gasteiger partial charge in [-0.2, -0.15) is 0 Å². The van der Waals surface area contributed by atoms with Crippen molar-refractivity contribution in [3.63, 3.8) is 0 Å². The van der Waals surface area contributed by atoms with Gasteiger partial charge in [-0.25, -0.2) is 4.79 Å². The van der Waals surface area contributed by atoms with Gasteiger partial charge in [-0.05, 0) is 45.2 Å². The maximum absolute atomic E-state index is 12.4. The first-order valence-electron chi connectivity index (χ1n) is 7.03. The summed E-state index contributed by atoms with van der Waals surface area (Å²) in [6.45, 7) is 7.83. The van der Waals surface area contributed by atoms with E-state index in [2.05, 4.69) is 5.32 Å². The molecule has 114 valence electrons. The Kier molecular flexibility index (Phi) is 4.73. The fourth-order valence-corrected chi connectivity index (χ4v) is 3.17. The molecule has 2 aromatic heterocycles. The molecule has 0 saturated carbocycles. The number of nitrogens with one attached hydrogen (secondary N) is 1. The smallest absolute Gasteiger partial charge is 0.318 e. The Morgan fingerprint density at radius 1 is 1.38 bits per heavy atom. The van der Waals surface area contributed by atoms with Crippen LogP contribution in [0.4, 0.5) is 4.79 Å². The molecular weight excluding hydrogens is 284 g/mol. The van der Waals surface area contributed by atoms with Gasteiger partial charge in [0.2, 0.25) is 0 Å². The van der Waals surface area contributed by atoms with E-state index in [1.165, 1.54) is 4.88 Å². The average Bonchev–Trinajstić information content (AvgIpc) is 3.06. The second-order valence-corrected chi connectivity index (χ2v) is 6.32. The highest BCUT2D eigenvalue weighted by Gasteiger charge is 2.21. The molecule has 2 atom stereocenters. The van der Waals surface area contributed by atoms with Crippen molar-refractivity contribution in [2.75, 3.05) is 7.05 Å². The van der Waals surface area contributed by atoms with Crippen molar-refractivity contribution in [2.45, 2.75) is 39.8 Å². The lowest BCUT2D eigenvalue weighted by molar-refractivity contribution is 0.192. The number of rotatable bonds is 4. The third-order valence-corrected chi connectivity index (χ3v) is 4.78. The molecule has 2 aromatic rings. The lowest BCUT2D eigenvalue weighted by atomic mass is 10.1. The molecule has 2 amide bonds. The Morgan fingerprint density at radius 2 is 2.10 bits per heavy atom. The Morgan fingerprint density at radius 3 is 2.62 bits per heavy atom. The molecule has 0 bridgehead atoms. The summed E-state index contributed by atoms with van der Waals surface area (Å²) < 4.78 is 5.52. The van der Waals surface area contributed by atoms with Crippen LogP contribution in [0.1, 0.15) is 47.9 Å². The van der Waals surface area contributed by atoms with E-state index in [0.29, 0.717) is 0 Å². The van der Waals surface area contributed by atoms with E-state index in [9.17, 15) is 4.79 Å². The summed E-state index contributed by atoms with van der Waals surface area (Å²) in [4.78, 5) is 15.3. The van der Waals surface area contributed by atoms with Crippen molar-refractivity contribution in [3.05, 3.63) is 45.5 Å². The van der Waals surface area contributed by atoms with Crippen LogP contribution < -0.4 is 5.32 Å². The number of aryl methyl sites for hydroxylation is 2. The normalized spacial score (nSPS) is 13.8. The minimum atomic E-state index is -0.0818. The van der Waals surface area contributed by atoms with Crippen LogP contribution in [0.25, 0.3) is 0 Å². The van der Waals surface area contributed by atoms with Crippen molar-refractivity contribution < 1.29 is 9.21 Å². The van der Waals surface area contributed by atoms with Gasteiger partial charge in [0.15, 0.2) is 0 Å². The second kappa shape index (κ2) is 6.35. The van der Waals surface area contributed by atoms with E-state index in [-0.39, 0.29) is 18.1 Å². The zero-order chi connectivity index (χ0) is 15.6. The molecule has 0 aliphatic carbocycles. The first kappa shape index (κ1) is 15.6. The van der Waals surface area contributed by atoms with E-state index >= 15 is 0 Å². The first-order valence-corrected chi connectivity index (χ1v) is 7.91. The van der Waals surface area contributed by atoms with Crippen molar-refractivity contribution >= 4 is 17.4 Å². The fraction of sp³-hybridized carbons (Fsp3) is 0.438. The highest BCUT2D eigenvalue weighted by molar-refractivity contribution is 7.10. The third kappa shape index (κ3) is 3.47. The number of thiophene rings is 1. The summed E-state index contributed by atoms with van der Waals surface area (Å²) in [5, 5.41) is 5.05. The van der Waals surface area contributed by atoms with Crippen molar-refractivity contribution in [2.24, 2.45) is 0 Å². The number of carbonyl (C=O) groups is 1. The summed E-state index contributed by atoms with van der Waals surface area (Å²) in [6.07, 6.45) is 0. The van der Waals surface area contributed by atoms with Gasteiger partial charge < -0.3 is 14.6 Å². The maximum Gasteiger partial charge on any atom is 0.318 e. The highest BCUT2D eigenvalue weighted by atomic mass is 32.1. The quantitative estimate of drug-likeness (QED) is 0.908. The summed E-state index contributed by atoms with van der Waals surface area (Å²) in [5.74, 6) is 1.72. The number of hydrogen-bond acceptors (Lipinski definition) is 3. The SMILES string of the molecule is Cc1cc(C(C)NC(=O)N(C)C(C)c2cccs2)c(C)o1. The van der Waals surface area contributed by atoms with Gasteiger partial charge >= 0.3 is 6.03 Å². The third-order valence-electron chi connectivity index (χ3n) is 3.74. The van der Waals surface area contributed by atoms with Gasteiger partial charge in [0.1, 0.15) is 11.5 Å². The molecule has 21 heavy (non-hydrogen) atoms. The van der Waals surface area contributed by atoms with Crippen LogP contribution in [-0.2, 0) is 0 Å². The van der Waals surface area contributed by atoms with Gasteiger partial charge in [-0.1, -0.05) is 6.07 Å². The van der Waals surface area contributed by atoms with E-state index in [1.807, 2.05) is 58.3 Å². The van der Waals surface area contributed by atoms with E-state index in [0.717, 1.165) is 17.1 Å².